The van der Waals surface area contributed by atoms with Crippen LogP contribution in [0.1, 0.15) is 75.3 Å². The van der Waals surface area contributed by atoms with E-state index in [0.717, 1.165) is 25.7 Å². The molecule has 2 nitrogen and oxygen atoms in total. The summed E-state index contributed by atoms with van der Waals surface area (Å²) in [5.41, 5.74) is 2.46. The third kappa shape index (κ3) is 5.60. The maximum atomic E-state index is 10.6. The number of aryl methyl sites for hydroxylation is 2. The zero-order valence-corrected chi connectivity index (χ0v) is 15.3. The molecule has 1 aromatic carbocycles. The van der Waals surface area contributed by atoms with Crippen LogP contribution < -0.4 is 0 Å². The lowest BCUT2D eigenvalue weighted by Gasteiger charge is -2.32. The van der Waals surface area contributed by atoms with Crippen LogP contribution in [0.15, 0.2) is 24.3 Å². The highest BCUT2D eigenvalue weighted by atomic mass is 16.3. The van der Waals surface area contributed by atoms with E-state index in [1.807, 2.05) is 0 Å². The molecule has 1 aliphatic carbocycles. The van der Waals surface area contributed by atoms with E-state index in [0.29, 0.717) is 0 Å². The van der Waals surface area contributed by atoms with Crippen molar-refractivity contribution in [1.29, 1.82) is 0 Å². The topological polar surface area (TPSA) is 23.5 Å². The summed E-state index contributed by atoms with van der Waals surface area (Å²) in [6, 6.07) is 9.16. The first-order chi connectivity index (χ1) is 11.7. The molecule has 1 N–H and O–H groups in total. The molecule has 1 heterocycles. The fraction of sp³-hybridized carbons (Fsp3) is 0.727. The Labute approximate surface area is 148 Å². The summed E-state index contributed by atoms with van der Waals surface area (Å²) < 4.78 is 0. The Morgan fingerprint density at radius 1 is 0.792 bits per heavy atom. The summed E-state index contributed by atoms with van der Waals surface area (Å²) in [6.45, 7) is 3.87. The number of nitrogens with zero attached hydrogens (tertiary/aromatic N) is 1. The molecule has 1 aliphatic heterocycles. The molecule has 0 unspecified atom stereocenters. The quantitative estimate of drug-likeness (QED) is 0.781. The van der Waals surface area contributed by atoms with E-state index in [9.17, 15) is 5.11 Å². The summed E-state index contributed by atoms with van der Waals surface area (Å²) in [4.78, 5) is 2.63. The number of hydrogen-bond acceptors (Lipinski definition) is 2. The molecule has 1 aromatic rings. The smallest absolute Gasteiger partial charge is 0.0651 e. The van der Waals surface area contributed by atoms with Crippen LogP contribution in [0.5, 0.6) is 0 Å². The molecule has 2 heteroatoms. The monoisotopic (exact) mass is 329 g/mol. The molecule has 134 valence electrons. The lowest BCUT2D eigenvalue weighted by Crippen LogP contribution is -2.31. The van der Waals surface area contributed by atoms with Crippen LogP contribution in [0, 0.1) is 0 Å². The molecule has 1 saturated carbocycles. The van der Waals surface area contributed by atoms with Crippen molar-refractivity contribution in [3.05, 3.63) is 35.4 Å². The Kier molecular flexibility index (Phi) is 6.74. The predicted octanol–water partition coefficient (Wildman–Crippen LogP) is 4.73. The van der Waals surface area contributed by atoms with Gasteiger partial charge in [0.15, 0.2) is 0 Å². The van der Waals surface area contributed by atoms with E-state index < -0.39 is 0 Å². The molecular formula is C22H35NO. The third-order valence-corrected chi connectivity index (χ3v) is 6.07. The van der Waals surface area contributed by atoms with Crippen molar-refractivity contribution in [2.24, 2.45) is 0 Å². The minimum absolute atomic E-state index is 0.384. The minimum Gasteiger partial charge on any atom is -0.390 e. The summed E-state index contributed by atoms with van der Waals surface area (Å²) in [5, 5.41) is 10.6. The fourth-order valence-corrected chi connectivity index (χ4v) is 4.40. The van der Waals surface area contributed by atoms with Crippen LogP contribution in [-0.4, -0.2) is 35.2 Å². The molecule has 2 fully saturated rings. The van der Waals surface area contributed by atoms with Crippen LogP contribution >= 0.6 is 0 Å². The van der Waals surface area contributed by atoms with Crippen molar-refractivity contribution in [1.82, 2.24) is 4.90 Å². The Morgan fingerprint density at radius 2 is 1.38 bits per heavy atom. The van der Waals surface area contributed by atoms with Gasteiger partial charge < -0.3 is 10.0 Å². The van der Waals surface area contributed by atoms with Crippen molar-refractivity contribution in [2.75, 3.05) is 19.6 Å². The molecule has 0 atom stereocenters. The van der Waals surface area contributed by atoms with Gasteiger partial charge in [-0.15, -0.1) is 0 Å². The Bertz CT molecular complexity index is 469. The van der Waals surface area contributed by atoms with E-state index >= 15 is 0 Å². The molecule has 0 aromatic heterocycles. The lowest BCUT2D eigenvalue weighted by atomic mass is 9.81. The fourth-order valence-electron chi connectivity index (χ4n) is 4.40. The average Bonchev–Trinajstić information content (AvgIpc) is 2.63. The SMILES string of the molecule is OC1(CCc2ccc(CCCN3CCCCC3)cc2)CCCCC1. The molecule has 1 saturated heterocycles. The van der Waals surface area contributed by atoms with Crippen LogP contribution in [0.2, 0.25) is 0 Å². The van der Waals surface area contributed by atoms with Gasteiger partial charge in [-0.3, -0.25) is 0 Å². The maximum Gasteiger partial charge on any atom is 0.0651 e. The van der Waals surface area contributed by atoms with Crippen LogP contribution in [0.3, 0.4) is 0 Å². The molecule has 2 aliphatic rings. The van der Waals surface area contributed by atoms with Gasteiger partial charge >= 0.3 is 0 Å². The maximum absolute atomic E-state index is 10.6. The van der Waals surface area contributed by atoms with Gasteiger partial charge in [0, 0.05) is 0 Å². The van der Waals surface area contributed by atoms with Gasteiger partial charge in [-0.05, 0) is 82.1 Å². The van der Waals surface area contributed by atoms with E-state index in [4.69, 9.17) is 0 Å². The second-order valence-corrected chi connectivity index (χ2v) is 8.11. The standard InChI is InChI=1S/C22H35NO/c24-22(14-3-1-4-15-22)16-13-21-11-9-20(10-12-21)8-7-19-23-17-5-2-6-18-23/h9-12,24H,1-8,13-19H2. The van der Waals surface area contributed by atoms with E-state index in [1.54, 1.807) is 0 Å². The Hall–Kier alpha value is -0.860. The molecule has 0 radical (unpaired) electrons. The van der Waals surface area contributed by atoms with Crippen molar-refractivity contribution in [3.63, 3.8) is 0 Å². The highest BCUT2D eigenvalue weighted by Crippen LogP contribution is 2.31. The van der Waals surface area contributed by atoms with Gasteiger partial charge in [-0.1, -0.05) is 49.9 Å². The van der Waals surface area contributed by atoms with Crippen LogP contribution in [0.25, 0.3) is 0 Å². The Morgan fingerprint density at radius 3 is 2.04 bits per heavy atom. The zero-order valence-electron chi connectivity index (χ0n) is 15.3. The number of hydrogen-bond donors (Lipinski definition) is 1. The van der Waals surface area contributed by atoms with Crippen molar-refractivity contribution in [3.8, 4) is 0 Å². The molecule has 0 bridgehead atoms. The average molecular weight is 330 g/mol. The van der Waals surface area contributed by atoms with Crippen molar-refractivity contribution < 1.29 is 5.11 Å². The second kappa shape index (κ2) is 9.01. The molecular weight excluding hydrogens is 294 g/mol. The number of rotatable bonds is 7. The number of likely N-dealkylation sites (tertiary alicyclic amines) is 1. The summed E-state index contributed by atoms with van der Waals surface area (Å²) in [6.07, 6.45) is 14.3. The highest BCUT2D eigenvalue weighted by Gasteiger charge is 2.28. The van der Waals surface area contributed by atoms with Gasteiger partial charge in [0.25, 0.3) is 0 Å². The summed E-state index contributed by atoms with van der Waals surface area (Å²) in [5.74, 6) is 0. The molecule has 3 rings (SSSR count). The van der Waals surface area contributed by atoms with Gasteiger partial charge in [-0.2, -0.15) is 0 Å². The Balaban J connectivity index is 1.38. The first kappa shape index (κ1) is 17.9. The van der Waals surface area contributed by atoms with Gasteiger partial charge in [0.2, 0.25) is 0 Å². The molecule has 0 amide bonds. The number of benzene rings is 1. The van der Waals surface area contributed by atoms with Crippen LogP contribution in [0.4, 0.5) is 0 Å². The third-order valence-electron chi connectivity index (χ3n) is 6.07. The van der Waals surface area contributed by atoms with E-state index in [1.165, 1.54) is 82.1 Å². The summed E-state index contributed by atoms with van der Waals surface area (Å²) in [7, 11) is 0. The largest absolute Gasteiger partial charge is 0.390 e. The van der Waals surface area contributed by atoms with Gasteiger partial charge in [-0.25, -0.2) is 0 Å². The summed E-state index contributed by atoms with van der Waals surface area (Å²) >= 11 is 0. The molecule has 0 spiro atoms. The minimum atomic E-state index is -0.384. The normalized spacial score (nSPS) is 21.7. The predicted molar refractivity (Wildman–Crippen MR) is 101 cm³/mol. The van der Waals surface area contributed by atoms with Gasteiger partial charge in [0.05, 0.1) is 5.60 Å². The van der Waals surface area contributed by atoms with Crippen molar-refractivity contribution in [2.45, 2.75) is 82.7 Å². The lowest BCUT2D eigenvalue weighted by molar-refractivity contribution is -0.00341. The number of aliphatic hydroxyl groups is 1. The van der Waals surface area contributed by atoms with Crippen LogP contribution in [-0.2, 0) is 12.8 Å². The van der Waals surface area contributed by atoms with Gasteiger partial charge in [0.1, 0.15) is 0 Å². The first-order valence-electron chi connectivity index (χ1n) is 10.3. The zero-order chi connectivity index (χ0) is 16.7. The van der Waals surface area contributed by atoms with Crippen molar-refractivity contribution >= 4 is 0 Å². The molecule has 24 heavy (non-hydrogen) atoms. The van der Waals surface area contributed by atoms with E-state index in [2.05, 4.69) is 29.2 Å². The highest BCUT2D eigenvalue weighted by molar-refractivity contribution is 5.23. The number of piperidine rings is 1. The second-order valence-electron chi connectivity index (χ2n) is 8.11. The van der Waals surface area contributed by atoms with E-state index in [-0.39, 0.29) is 5.60 Å². The first-order valence-corrected chi connectivity index (χ1v) is 10.3.